The fourth-order valence-electron chi connectivity index (χ4n) is 1.82. The van der Waals surface area contributed by atoms with Gasteiger partial charge in [-0.2, -0.15) is 0 Å². The summed E-state index contributed by atoms with van der Waals surface area (Å²) in [5, 5.41) is 0. The first kappa shape index (κ1) is 8.17. The molecule has 0 fully saturated rings. The van der Waals surface area contributed by atoms with E-state index in [-0.39, 0.29) is 11.2 Å². The lowest BCUT2D eigenvalue weighted by atomic mass is 10.1. The Morgan fingerprint density at radius 1 is 0.933 bits per heavy atom. The standard InChI is InChI=1S/C12H6O3/c13-7-2-1-3-8-10(6-7)11(14)9-4-5-15-12(8)9/h1-6H. The number of ketones is 1. The molecule has 1 aromatic heterocycles. The number of hydrogen-bond acceptors (Lipinski definition) is 3. The molecule has 0 unspecified atom stereocenters. The van der Waals surface area contributed by atoms with E-state index in [1.165, 1.54) is 18.4 Å². The third-order valence-electron chi connectivity index (χ3n) is 2.50. The topological polar surface area (TPSA) is 47.3 Å². The van der Waals surface area contributed by atoms with E-state index >= 15 is 0 Å². The number of furan rings is 1. The lowest BCUT2D eigenvalue weighted by molar-refractivity contribution is 0.104. The van der Waals surface area contributed by atoms with Crippen molar-refractivity contribution in [2.45, 2.75) is 0 Å². The van der Waals surface area contributed by atoms with Gasteiger partial charge in [0.15, 0.2) is 11.2 Å². The van der Waals surface area contributed by atoms with Crippen molar-refractivity contribution in [3.8, 4) is 11.3 Å². The lowest BCUT2D eigenvalue weighted by Crippen LogP contribution is -1.98. The second kappa shape index (κ2) is 2.67. The average Bonchev–Trinajstić information content (AvgIpc) is 2.70. The van der Waals surface area contributed by atoms with Crippen LogP contribution in [0.5, 0.6) is 0 Å². The Morgan fingerprint density at radius 2 is 1.80 bits per heavy atom. The number of hydrogen-bond donors (Lipinski definition) is 0. The largest absolute Gasteiger partial charge is 0.464 e. The van der Waals surface area contributed by atoms with Crippen molar-refractivity contribution in [3.05, 3.63) is 57.9 Å². The second-order valence-electron chi connectivity index (χ2n) is 3.39. The van der Waals surface area contributed by atoms with Crippen molar-refractivity contribution in [1.82, 2.24) is 0 Å². The van der Waals surface area contributed by atoms with E-state index < -0.39 is 0 Å². The molecule has 0 saturated heterocycles. The molecular formula is C12H6O3. The summed E-state index contributed by atoms with van der Waals surface area (Å²) in [6.07, 6.45) is 1.48. The highest BCUT2D eigenvalue weighted by Gasteiger charge is 2.28. The molecule has 0 amide bonds. The minimum absolute atomic E-state index is 0.137. The van der Waals surface area contributed by atoms with Gasteiger partial charge in [0.05, 0.1) is 11.8 Å². The molecule has 0 N–H and O–H groups in total. The molecule has 0 bridgehead atoms. The Bertz CT molecular complexity index is 623. The van der Waals surface area contributed by atoms with Gasteiger partial charge in [0.25, 0.3) is 0 Å². The summed E-state index contributed by atoms with van der Waals surface area (Å²) in [5.74, 6) is 0.424. The number of carbonyl (C=O) groups excluding carboxylic acids is 1. The maximum absolute atomic E-state index is 11.8. The number of fused-ring (bicyclic) bond motifs is 3. The summed E-state index contributed by atoms with van der Waals surface area (Å²) in [6, 6.07) is 7.76. The summed E-state index contributed by atoms with van der Waals surface area (Å²) < 4.78 is 5.23. The monoisotopic (exact) mass is 198 g/mol. The highest BCUT2D eigenvalue weighted by molar-refractivity contribution is 6.20. The van der Waals surface area contributed by atoms with Gasteiger partial charge in [-0.25, -0.2) is 0 Å². The van der Waals surface area contributed by atoms with E-state index in [4.69, 9.17) is 4.42 Å². The van der Waals surface area contributed by atoms with Crippen molar-refractivity contribution in [2.75, 3.05) is 0 Å². The molecule has 1 heterocycles. The number of carbonyl (C=O) groups is 1. The van der Waals surface area contributed by atoms with Gasteiger partial charge < -0.3 is 4.42 Å². The van der Waals surface area contributed by atoms with Crippen molar-refractivity contribution < 1.29 is 9.21 Å². The van der Waals surface area contributed by atoms with Crippen LogP contribution in [-0.4, -0.2) is 5.78 Å². The molecule has 1 aliphatic carbocycles. The molecule has 3 rings (SSSR count). The van der Waals surface area contributed by atoms with Gasteiger partial charge in [0.1, 0.15) is 5.76 Å². The lowest BCUT2D eigenvalue weighted by Gasteiger charge is -1.88. The van der Waals surface area contributed by atoms with Crippen LogP contribution >= 0.6 is 0 Å². The zero-order chi connectivity index (χ0) is 10.4. The fraction of sp³-hybridized carbons (Fsp3) is 0. The zero-order valence-electron chi connectivity index (χ0n) is 7.69. The van der Waals surface area contributed by atoms with E-state index in [1.807, 2.05) is 0 Å². The predicted molar refractivity (Wildman–Crippen MR) is 53.8 cm³/mol. The zero-order valence-corrected chi connectivity index (χ0v) is 7.69. The molecule has 1 aliphatic rings. The second-order valence-corrected chi connectivity index (χ2v) is 3.39. The Balaban J connectivity index is 2.46. The van der Waals surface area contributed by atoms with Gasteiger partial charge in [-0.3, -0.25) is 9.59 Å². The van der Waals surface area contributed by atoms with E-state index in [9.17, 15) is 9.59 Å². The molecule has 1 aromatic carbocycles. The first-order valence-electron chi connectivity index (χ1n) is 4.54. The molecule has 0 atom stereocenters. The van der Waals surface area contributed by atoms with Crippen LogP contribution in [-0.2, 0) is 0 Å². The van der Waals surface area contributed by atoms with Crippen LogP contribution in [0.25, 0.3) is 11.3 Å². The maximum atomic E-state index is 11.8. The summed E-state index contributed by atoms with van der Waals surface area (Å²) in [4.78, 5) is 23.1. The SMILES string of the molecule is O=C1c2cc(=O)cccc2-c2occc21. The molecule has 0 spiro atoms. The van der Waals surface area contributed by atoms with E-state index in [2.05, 4.69) is 0 Å². The third kappa shape index (κ3) is 1.00. The van der Waals surface area contributed by atoms with Crippen molar-refractivity contribution in [2.24, 2.45) is 0 Å². The van der Waals surface area contributed by atoms with Crippen LogP contribution < -0.4 is 5.43 Å². The van der Waals surface area contributed by atoms with E-state index in [0.29, 0.717) is 22.5 Å². The van der Waals surface area contributed by atoms with Crippen LogP contribution in [0.4, 0.5) is 0 Å². The molecule has 3 nitrogen and oxygen atoms in total. The van der Waals surface area contributed by atoms with Crippen LogP contribution in [0.2, 0.25) is 0 Å². The molecule has 72 valence electrons. The van der Waals surface area contributed by atoms with Crippen LogP contribution in [0.15, 0.2) is 45.8 Å². The van der Waals surface area contributed by atoms with Crippen LogP contribution in [0, 0.1) is 0 Å². The Labute approximate surface area is 85.0 Å². The van der Waals surface area contributed by atoms with Gasteiger partial charge in [-0.15, -0.1) is 0 Å². The fourth-order valence-corrected chi connectivity index (χ4v) is 1.82. The first-order chi connectivity index (χ1) is 7.27. The minimum atomic E-state index is -0.172. The molecule has 0 radical (unpaired) electrons. The first-order valence-corrected chi connectivity index (χ1v) is 4.54. The molecule has 15 heavy (non-hydrogen) atoms. The van der Waals surface area contributed by atoms with Gasteiger partial charge in [-0.05, 0) is 18.2 Å². The molecule has 2 aromatic rings. The van der Waals surface area contributed by atoms with Gasteiger partial charge >= 0.3 is 0 Å². The summed E-state index contributed by atoms with van der Waals surface area (Å²) >= 11 is 0. The maximum Gasteiger partial charge on any atom is 0.197 e. The van der Waals surface area contributed by atoms with Crippen molar-refractivity contribution in [1.29, 1.82) is 0 Å². The van der Waals surface area contributed by atoms with Gasteiger partial charge in [-0.1, -0.05) is 12.1 Å². The molecular weight excluding hydrogens is 192 g/mol. The Hall–Kier alpha value is -2.16. The predicted octanol–water partition coefficient (Wildman–Crippen LogP) is 1.85. The Morgan fingerprint density at radius 3 is 2.67 bits per heavy atom. The van der Waals surface area contributed by atoms with Gasteiger partial charge in [0, 0.05) is 11.1 Å². The summed E-state index contributed by atoms with van der Waals surface area (Å²) in [5.41, 5.74) is 1.49. The van der Waals surface area contributed by atoms with Crippen LogP contribution in [0.1, 0.15) is 15.9 Å². The average molecular weight is 198 g/mol. The highest BCUT2D eigenvalue weighted by Crippen LogP contribution is 2.35. The molecule has 0 saturated carbocycles. The minimum Gasteiger partial charge on any atom is -0.464 e. The van der Waals surface area contributed by atoms with Crippen molar-refractivity contribution >= 4 is 5.78 Å². The highest BCUT2D eigenvalue weighted by atomic mass is 16.3. The Kier molecular flexibility index (Phi) is 1.45. The summed E-state index contributed by atoms with van der Waals surface area (Å²) in [6.45, 7) is 0. The smallest absolute Gasteiger partial charge is 0.197 e. The normalized spacial score (nSPS) is 12.4. The number of rotatable bonds is 0. The summed E-state index contributed by atoms with van der Waals surface area (Å²) in [7, 11) is 0. The van der Waals surface area contributed by atoms with E-state index in [0.717, 1.165) is 0 Å². The third-order valence-corrected chi connectivity index (χ3v) is 2.50. The van der Waals surface area contributed by atoms with Crippen LogP contribution in [0.3, 0.4) is 0 Å². The van der Waals surface area contributed by atoms with E-state index in [1.54, 1.807) is 18.2 Å². The quantitative estimate of drug-likeness (QED) is 0.553. The van der Waals surface area contributed by atoms with Crippen molar-refractivity contribution in [3.63, 3.8) is 0 Å². The van der Waals surface area contributed by atoms with Gasteiger partial charge in [0.2, 0.25) is 0 Å². The molecule has 3 heteroatoms. The molecule has 0 aliphatic heterocycles.